The van der Waals surface area contributed by atoms with Gasteiger partial charge in [-0.3, -0.25) is 14.5 Å². The SMILES string of the molecule is C[C@H](C(=O)Nc1ccccc1)N(C)CC(=O)Nc1ccc(N2CCOCC2)cc1. The van der Waals surface area contributed by atoms with Gasteiger partial charge in [-0.25, -0.2) is 0 Å². The van der Waals surface area contributed by atoms with Gasteiger partial charge in [0.2, 0.25) is 11.8 Å². The minimum absolute atomic E-state index is 0.120. The van der Waals surface area contributed by atoms with Crippen LogP contribution < -0.4 is 15.5 Å². The summed E-state index contributed by atoms with van der Waals surface area (Å²) in [5.74, 6) is -0.313. The second-order valence-corrected chi connectivity index (χ2v) is 7.14. The van der Waals surface area contributed by atoms with Crippen LogP contribution in [0.3, 0.4) is 0 Å². The number of anilines is 3. The van der Waals surface area contributed by atoms with Gasteiger partial charge in [0.25, 0.3) is 0 Å². The van der Waals surface area contributed by atoms with Crippen molar-refractivity contribution in [3.05, 3.63) is 54.6 Å². The topological polar surface area (TPSA) is 73.9 Å². The summed E-state index contributed by atoms with van der Waals surface area (Å²) in [4.78, 5) is 28.7. The molecule has 1 saturated heterocycles. The zero-order valence-electron chi connectivity index (χ0n) is 16.9. The summed E-state index contributed by atoms with van der Waals surface area (Å²) in [6.45, 7) is 5.12. The van der Waals surface area contributed by atoms with E-state index < -0.39 is 6.04 Å². The molecule has 1 aliphatic heterocycles. The van der Waals surface area contributed by atoms with Crippen LogP contribution in [-0.4, -0.2) is 62.7 Å². The molecule has 0 saturated carbocycles. The molecule has 0 aromatic heterocycles. The van der Waals surface area contributed by atoms with Gasteiger partial charge in [0, 0.05) is 30.2 Å². The smallest absolute Gasteiger partial charge is 0.241 e. The average molecular weight is 396 g/mol. The predicted octanol–water partition coefficient (Wildman–Crippen LogP) is 2.42. The molecule has 0 spiro atoms. The first-order chi connectivity index (χ1) is 14.0. The number of carbonyl (C=O) groups is 2. The van der Waals surface area contributed by atoms with Crippen LogP contribution in [0.4, 0.5) is 17.1 Å². The van der Waals surface area contributed by atoms with Gasteiger partial charge in [0.1, 0.15) is 0 Å². The van der Waals surface area contributed by atoms with E-state index in [1.165, 1.54) is 0 Å². The van der Waals surface area contributed by atoms with Crippen LogP contribution in [0.5, 0.6) is 0 Å². The van der Waals surface area contributed by atoms with E-state index in [1.807, 2.05) is 54.6 Å². The molecule has 1 fully saturated rings. The first kappa shape index (κ1) is 20.8. The fourth-order valence-electron chi connectivity index (χ4n) is 3.11. The molecule has 0 bridgehead atoms. The number of likely N-dealkylation sites (N-methyl/N-ethyl adjacent to an activating group) is 1. The van der Waals surface area contributed by atoms with Crippen molar-refractivity contribution in [2.24, 2.45) is 0 Å². The quantitative estimate of drug-likeness (QED) is 0.752. The Morgan fingerprint density at radius 1 is 1.00 bits per heavy atom. The minimum atomic E-state index is -0.440. The number of hydrogen-bond donors (Lipinski definition) is 2. The number of morpholine rings is 1. The zero-order valence-corrected chi connectivity index (χ0v) is 16.9. The molecule has 1 heterocycles. The normalized spacial score (nSPS) is 15.1. The lowest BCUT2D eigenvalue weighted by molar-refractivity contribution is -0.122. The van der Waals surface area contributed by atoms with Crippen molar-refractivity contribution >= 4 is 28.9 Å². The maximum atomic E-state index is 12.4. The van der Waals surface area contributed by atoms with Crippen molar-refractivity contribution < 1.29 is 14.3 Å². The van der Waals surface area contributed by atoms with Crippen molar-refractivity contribution in [3.8, 4) is 0 Å². The van der Waals surface area contributed by atoms with E-state index in [-0.39, 0.29) is 18.4 Å². The molecule has 7 heteroatoms. The van der Waals surface area contributed by atoms with E-state index in [0.29, 0.717) is 0 Å². The van der Waals surface area contributed by atoms with Gasteiger partial charge in [-0.1, -0.05) is 18.2 Å². The van der Waals surface area contributed by atoms with E-state index in [2.05, 4.69) is 15.5 Å². The summed E-state index contributed by atoms with van der Waals surface area (Å²) in [7, 11) is 1.76. The Labute approximate surface area is 171 Å². The average Bonchev–Trinajstić information content (AvgIpc) is 2.75. The molecule has 29 heavy (non-hydrogen) atoms. The summed E-state index contributed by atoms with van der Waals surface area (Å²) in [5.41, 5.74) is 2.60. The predicted molar refractivity (Wildman–Crippen MR) is 115 cm³/mol. The van der Waals surface area contributed by atoms with Crippen LogP contribution in [0.1, 0.15) is 6.92 Å². The Morgan fingerprint density at radius 3 is 2.28 bits per heavy atom. The van der Waals surface area contributed by atoms with Gasteiger partial charge in [0.15, 0.2) is 0 Å². The zero-order chi connectivity index (χ0) is 20.6. The Balaban J connectivity index is 1.48. The van der Waals surface area contributed by atoms with Gasteiger partial charge in [-0.2, -0.15) is 0 Å². The highest BCUT2D eigenvalue weighted by molar-refractivity contribution is 5.96. The van der Waals surface area contributed by atoms with E-state index in [1.54, 1.807) is 18.9 Å². The number of rotatable bonds is 7. The lowest BCUT2D eigenvalue weighted by Crippen LogP contribution is -2.43. The fourth-order valence-corrected chi connectivity index (χ4v) is 3.11. The standard InChI is InChI=1S/C22H28N4O3/c1-17(22(28)24-18-6-4-3-5-7-18)25(2)16-21(27)23-19-8-10-20(11-9-19)26-12-14-29-15-13-26/h3-11,17H,12-16H2,1-2H3,(H,23,27)(H,24,28)/t17-/m1/s1. The van der Waals surface area contributed by atoms with E-state index in [4.69, 9.17) is 4.74 Å². The minimum Gasteiger partial charge on any atom is -0.378 e. The summed E-state index contributed by atoms with van der Waals surface area (Å²) in [6, 6.07) is 16.6. The molecular formula is C22H28N4O3. The van der Waals surface area contributed by atoms with Crippen molar-refractivity contribution in [1.82, 2.24) is 4.90 Å². The Bertz CT molecular complexity index is 805. The Morgan fingerprint density at radius 2 is 1.62 bits per heavy atom. The number of nitrogens with one attached hydrogen (secondary N) is 2. The van der Waals surface area contributed by atoms with Crippen LogP contribution in [0, 0.1) is 0 Å². The summed E-state index contributed by atoms with van der Waals surface area (Å²) >= 11 is 0. The molecule has 2 aromatic carbocycles. The number of benzene rings is 2. The van der Waals surface area contributed by atoms with Crippen LogP contribution in [0.25, 0.3) is 0 Å². The number of nitrogens with zero attached hydrogens (tertiary/aromatic N) is 2. The molecule has 2 amide bonds. The van der Waals surface area contributed by atoms with E-state index in [9.17, 15) is 9.59 Å². The van der Waals surface area contributed by atoms with E-state index in [0.717, 1.165) is 43.4 Å². The lowest BCUT2D eigenvalue weighted by atomic mass is 10.2. The molecule has 0 unspecified atom stereocenters. The largest absolute Gasteiger partial charge is 0.378 e. The molecule has 1 atom stereocenters. The molecule has 0 radical (unpaired) electrons. The monoisotopic (exact) mass is 396 g/mol. The third-order valence-corrected chi connectivity index (χ3v) is 5.00. The Kier molecular flexibility index (Phi) is 7.21. The second kappa shape index (κ2) is 10.0. The highest BCUT2D eigenvalue weighted by Crippen LogP contribution is 2.19. The van der Waals surface area contributed by atoms with Crippen LogP contribution >= 0.6 is 0 Å². The third kappa shape index (κ3) is 6.04. The van der Waals surface area contributed by atoms with Gasteiger partial charge < -0.3 is 20.3 Å². The van der Waals surface area contributed by atoms with Crippen molar-refractivity contribution in [1.29, 1.82) is 0 Å². The summed E-state index contributed by atoms with van der Waals surface area (Å²) < 4.78 is 5.37. The molecule has 7 nitrogen and oxygen atoms in total. The number of amides is 2. The maximum Gasteiger partial charge on any atom is 0.241 e. The molecule has 2 aromatic rings. The van der Waals surface area contributed by atoms with Crippen LogP contribution in [0.15, 0.2) is 54.6 Å². The molecule has 154 valence electrons. The number of ether oxygens (including phenoxy) is 1. The van der Waals surface area contributed by atoms with Gasteiger partial charge >= 0.3 is 0 Å². The van der Waals surface area contributed by atoms with Gasteiger partial charge in [-0.15, -0.1) is 0 Å². The second-order valence-electron chi connectivity index (χ2n) is 7.14. The van der Waals surface area contributed by atoms with Gasteiger partial charge in [-0.05, 0) is 50.4 Å². The summed E-state index contributed by atoms with van der Waals surface area (Å²) in [6.07, 6.45) is 0. The molecular weight excluding hydrogens is 368 g/mol. The van der Waals surface area contributed by atoms with Crippen LogP contribution in [0.2, 0.25) is 0 Å². The maximum absolute atomic E-state index is 12.4. The van der Waals surface area contributed by atoms with Gasteiger partial charge in [0.05, 0.1) is 25.8 Å². The fraction of sp³-hybridized carbons (Fsp3) is 0.364. The number of para-hydroxylation sites is 1. The number of hydrogen-bond acceptors (Lipinski definition) is 5. The first-order valence-electron chi connectivity index (χ1n) is 9.81. The molecule has 0 aliphatic carbocycles. The Hall–Kier alpha value is -2.90. The highest BCUT2D eigenvalue weighted by atomic mass is 16.5. The van der Waals surface area contributed by atoms with Crippen molar-refractivity contribution in [3.63, 3.8) is 0 Å². The first-order valence-corrected chi connectivity index (χ1v) is 9.81. The van der Waals surface area contributed by atoms with Crippen molar-refractivity contribution in [2.75, 3.05) is 55.4 Å². The molecule has 1 aliphatic rings. The lowest BCUT2D eigenvalue weighted by Gasteiger charge is -2.29. The highest BCUT2D eigenvalue weighted by Gasteiger charge is 2.20. The molecule has 3 rings (SSSR count). The molecule has 2 N–H and O–H groups in total. The van der Waals surface area contributed by atoms with Crippen molar-refractivity contribution in [2.45, 2.75) is 13.0 Å². The van der Waals surface area contributed by atoms with Crippen LogP contribution in [-0.2, 0) is 14.3 Å². The third-order valence-electron chi connectivity index (χ3n) is 5.00. The van der Waals surface area contributed by atoms with E-state index >= 15 is 0 Å². The number of carbonyl (C=O) groups excluding carboxylic acids is 2. The summed E-state index contributed by atoms with van der Waals surface area (Å²) in [5, 5.41) is 5.75.